The molecule has 0 aliphatic rings. The van der Waals surface area contributed by atoms with Gasteiger partial charge in [0.25, 0.3) is 0 Å². The zero-order valence-electron chi connectivity index (χ0n) is 11.0. The highest BCUT2D eigenvalue weighted by molar-refractivity contribution is 6.42. The van der Waals surface area contributed by atoms with Gasteiger partial charge < -0.3 is 5.32 Å². The van der Waals surface area contributed by atoms with Gasteiger partial charge in [0.15, 0.2) is 0 Å². The third-order valence-electron chi connectivity index (χ3n) is 2.94. The molecule has 1 heterocycles. The van der Waals surface area contributed by atoms with Crippen LogP contribution in [0, 0.1) is 5.82 Å². The number of nitrogens with one attached hydrogen (secondary N) is 1. The van der Waals surface area contributed by atoms with Crippen LogP contribution in [-0.2, 0) is 0 Å². The molecule has 20 heavy (non-hydrogen) atoms. The molecule has 0 aliphatic carbocycles. The molecule has 0 fully saturated rings. The fourth-order valence-corrected chi connectivity index (χ4v) is 2.38. The van der Waals surface area contributed by atoms with Gasteiger partial charge in [-0.15, -0.1) is 0 Å². The van der Waals surface area contributed by atoms with E-state index in [0.29, 0.717) is 15.7 Å². The molecule has 1 aromatic heterocycles. The van der Waals surface area contributed by atoms with Crippen LogP contribution in [0.25, 0.3) is 0 Å². The van der Waals surface area contributed by atoms with Gasteiger partial charge in [0.1, 0.15) is 5.82 Å². The van der Waals surface area contributed by atoms with Crippen molar-refractivity contribution >= 4 is 23.2 Å². The first-order valence-electron chi connectivity index (χ1n) is 6.42. The number of rotatable bonds is 5. The lowest BCUT2D eigenvalue weighted by Crippen LogP contribution is -2.24. The Labute approximate surface area is 127 Å². The number of hydrogen-bond acceptors (Lipinski definition) is 2. The van der Waals surface area contributed by atoms with E-state index in [-0.39, 0.29) is 11.9 Å². The van der Waals surface area contributed by atoms with E-state index < -0.39 is 0 Å². The second-order valence-corrected chi connectivity index (χ2v) is 5.22. The van der Waals surface area contributed by atoms with Gasteiger partial charge in [0.05, 0.1) is 28.0 Å². The van der Waals surface area contributed by atoms with Crippen LogP contribution in [0.2, 0.25) is 10.0 Å². The minimum Gasteiger partial charge on any atom is -0.305 e. The quantitative estimate of drug-likeness (QED) is 0.871. The minimum atomic E-state index is -0.361. The standard InChI is InChI=1S/C15H15Cl2FN2/c1-2-8-19-15(13-7-6-10(18)9-20-13)11-4-3-5-12(16)14(11)17/h3-7,9,15,19H,2,8H2,1H3. The maximum absolute atomic E-state index is 13.0. The molecule has 1 unspecified atom stereocenters. The summed E-state index contributed by atoms with van der Waals surface area (Å²) < 4.78 is 13.0. The van der Waals surface area contributed by atoms with Crippen LogP contribution in [0.1, 0.15) is 30.6 Å². The Balaban J connectivity index is 2.41. The van der Waals surface area contributed by atoms with Crippen molar-refractivity contribution in [1.82, 2.24) is 10.3 Å². The minimum absolute atomic E-state index is 0.207. The highest BCUT2D eigenvalue weighted by Gasteiger charge is 2.18. The zero-order valence-corrected chi connectivity index (χ0v) is 12.5. The molecular formula is C15H15Cl2FN2. The molecule has 2 nitrogen and oxygen atoms in total. The Morgan fingerprint density at radius 1 is 1.25 bits per heavy atom. The summed E-state index contributed by atoms with van der Waals surface area (Å²) in [6.07, 6.45) is 2.17. The summed E-state index contributed by atoms with van der Waals surface area (Å²) in [5.41, 5.74) is 1.55. The van der Waals surface area contributed by atoms with Crippen LogP contribution in [0.4, 0.5) is 4.39 Å². The zero-order chi connectivity index (χ0) is 14.5. The summed E-state index contributed by atoms with van der Waals surface area (Å²) in [6, 6.07) is 8.31. The summed E-state index contributed by atoms with van der Waals surface area (Å²) in [4.78, 5) is 4.14. The van der Waals surface area contributed by atoms with E-state index in [1.807, 2.05) is 12.1 Å². The van der Waals surface area contributed by atoms with Gasteiger partial charge in [0.2, 0.25) is 0 Å². The van der Waals surface area contributed by atoms with Crippen LogP contribution in [-0.4, -0.2) is 11.5 Å². The van der Waals surface area contributed by atoms with E-state index in [0.717, 1.165) is 18.5 Å². The van der Waals surface area contributed by atoms with Crippen LogP contribution in [0.3, 0.4) is 0 Å². The fourth-order valence-electron chi connectivity index (χ4n) is 1.96. The monoisotopic (exact) mass is 312 g/mol. The molecule has 0 saturated carbocycles. The molecule has 2 aromatic rings. The average molecular weight is 313 g/mol. The van der Waals surface area contributed by atoms with Gasteiger partial charge in [-0.3, -0.25) is 4.98 Å². The second kappa shape index (κ2) is 7.02. The molecule has 0 bridgehead atoms. The molecule has 1 atom stereocenters. The van der Waals surface area contributed by atoms with Gasteiger partial charge in [-0.1, -0.05) is 42.3 Å². The Morgan fingerprint density at radius 2 is 2.05 bits per heavy atom. The molecule has 2 rings (SSSR count). The molecule has 5 heteroatoms. The van der Waals surface area contributed by atoms with Crippen molar-refractivity contribution in [2.45, 2.75) is 19.4 Å². The van der Waals surface area contributed by atoms with Crippen molar-refractivity contribution in [2.75, 3.05) is 6.54 Å². The SMILES string of the molecule is CCCNC(c1ccc(F)cn1)c1cccc(Cl)c1Cl. The first-order valence-corrected chi connectivity index (χ1v) is 7.17. The number of aromatic nitrogens is 1. The number of benzene rings is 1. The predicted octanol–water partition coefficient (Wildman–Crippen LogP) is 4.62. The molecule has 106 valence electrons. The third-order valence-corrected chi connectivity index (χ3v) is 3.77. The molecule has 1 N–H and O–H groups in total. The van der Waals surface area contributed by atoms with E-state index in [1.165, 1.54) is 12.3 Å². The van der Waals surface area contributed by atoms with E-state index in [9.17, 15) is 4.39 Å². The normalized spacial score (nSPS) is 12.4. The van der Waals surface area contributed by atoms with E-state index in [4.69, 9.17) is 23.2 Å². The smallest absolute Gasteiger partial charge is 0.141 e. The van der Waals surface area contributed by atoms with Crippen LogP contribution in [0.5, 0.6) is 0 Å². The lowest BCUT2D eigenvalue weighted by molar-refractivity contribution is 0.576. The van der Waals surface area contributed by atoms with Gasteiger partial charge >= 0.3 is 0 Å². The first kappa shape index (κ1) is 15.2. The Morgan fingerprint density at radius 3 is 2.70 bits per heavy atom. The van der Waals surface area contributed by atoms with Crippen molar-refractivity contribution in [3.05, 3.63) is 63.6 Å². The summed E-state index contributed by atoms with van der Waals surface area (Å²) in [6.45, 7) is 2.87. The summed E-state index contributed by atoms with van der Waals surface area (Å²) >= 11 is 12.3. The summed E-state index contributed by atoms with van der Waals surface area (Å²) in [5, 5.41) is 4.35. The Kier molecular flexibility index (Phi) is 5.35. The lowest BCUT2D eigenvalue weighted by atomic mass is 10.0. The van der Waals surface area contributed by atoms with Gasteiger partial charge in [-0.2, -0.15) is 0 Å². The third kappa shape index (κ3) is 3.48. The van der Waals surface area contributed by atoms with Crippen LogP contribution in [0.15, 0.2) is 36.5 Å². The van der Waals surface area contributed by atoms with E-state index >= 15 is 0 Å². The number of hydrogen-bond donors (Lipinski definition) is 1. The van der Waals surface area contributed by atoms with Crippen molar-refractivity contribution in [3.8, 4) is 0 Å². The maximum Gasteiger partial charge on any atom is 0.141 e. The van der Waals surface area contributed by atoms with Gasteiger partial charge in [0, 0.05) is 0 Å². The second-order valence-electron chi connectivity index (χ2n) is 4.43. The van der Waals surface area contributed by atoms with Crippen LogP contribution >= 0.6 is 23.2 Å². The first-order chi connectivity index (χ1) is 9.63. The molecule has 0 amide bonds. The van der Waals surface area contributed by atoms with Crippen LogP contribution < -0.4 is 5.32 Å². The molecule has 1 aromatic carbocycles. The number of pyridine rings is 1. The topological polar surface area (TPSA) is 24.9 Å². The maximum atomic E-state index is 13.0. The number of halogens is 3. The van der Waals surface area contributed by atoms with Crippen molar-refractivity contribution in [1.29, 1.82) is 0 Å². The molecule has 0 spiro atoms. The largest absolute Gasteiger partial charge is 0.305 e. The van der Waals surface area contributed by atoms with Gasteiger partial charge in [-0.25, -0.2) is 4.39 Å². The van der Waals surface area contributed by atoms with Gasteiger partial charge in [-0.05, 0) is 36.7 Å². The fraction of sp³-hybridized carbons (Fsp3) is 0.267. The summed E-state index contributed by atoms with van der Waals surface area (Å²) in [5.74, 6) is -0.361. The number of nitrogens with zero attached hydrogens (tertiary/aromatic N) is 1. The molecule has 0 radical (unpaired) electrons. The lowest BCUT2D eigenvalue weighted by Gasteiger charge is -2.20. The molecular weight excluding hydrogens is 298 g/mol. The average Bonchev–Trinajstić information content (AvgIpc) is 2.45. The Hall–Kier alpha value is -1.16. The highest BCUT2D eigenvalue weighted by Crippen LogP contribution is 2.32. The predicted molar refractivity (Wildman–Crippen MR) is 80.8 cm³/mol. The van der Waals surface area contributed by atoms with Crippen molar-refractivity contribution < 1.29 is 4.39 Å². The van der Waals surface area contributed by atoms with Crippen molar-refractivity contribution in [2.24, 2.45) is 0 Å². The molecule has 0 aliphatic heterocycles. The van der Waals surface area contributed by atoms with Crippen molar-refractivity contribution in [3.63, 3.8) is 0 Å². The van der Waals surface area contributed by atoms with E-state index in [1.54, 1.807) is 12.1 Å². The Bertz CT molecular complexity index is 573. The summed E-state index contributed by atoms with van der Waals surface area (Å²) in [7, 11) is 0. The highest BCUT2D eigenvalue weighted by atomic mass is 35.5. The van der Waals surface area contributed by atoms with E-state index in [2.05, 4.69) is 17.2 Å². The molecule has 0 saturated heterocycles.